The van der Waals surface area contributed by atoms with E-state index < -0.39 is 5.91 Å². The number of carbonyl (C=O) groups is 3. The van der Waals surface area contributed by atoms with Crippen molar-refractivity contribution in [3.05, 3.63) is 48.0 Å². The molecule has 1 fully saturated rings. The summed E-state index contributed by atoms with van der Waals surface area (Å²) >= 11 is 0. The number of hydrogen-bond acceptors (Lipinski definition) is 5. The van der Waals surface area contributed by atoms with Gasteiger partial charge >= 0.3 is 6.03 Å². The number of ether oxygens (including phenoxy) is 2. The molecule has 0 aromatic heterocycles. The summed E-state index contributed by atoms with van der Waals surface area (Å²) in [4.78, 5) is 39.2. The normalized spacial score (nSPS) is 13.4. The molecule has 4 amide bonds. The minimum Gasteiger partial charge on any atom is -0.493 e. The highest BCUT2D eigenvalue weighted by molar-refractivity contribution is 6.00. The number of amides is 4. The van der Waals surface area contributed by atoms with Gasteiger partial charge in [0, 0.05) is 36.1 Å². The lowest BCUT2D eigenvalue weighted by Gasteiger charge is -2.19. The fraction of sp³-hybridized carbons (Fsp3) is 0.250. The highest BCUT2D eigenvalue weighted by Crippen LogP contribution is 2.32. The van der Waals surface area contributed by atoms with Crippen molar-refractivity contribution in [3.63, 3.8) is 0 Å². The lowest BCUT2D eigenvalue weighted by molar-refractivity contribution is -0.116. The number of hydrogen-bond donors (Lipinski definition) is 2. The molecule has 0 spiro atoms. The Balaban J connectivity index is 1.62. The summed E-state index contributed by atoms with van der Waals surface area (Å²) in [6.07, 6.45) is 0. The molecule has 0 bridgehead atoms. The first-order valence-electron chi connectivity index (χ1n) is 8.91. The minimum absolute atomic E-state index is 0.0831. The van der Waals surface area contributed by atoms with Crippen LogP contribution in [0, 0.1) is 0 Å². The largest absolute Gasteiger partial charge is 0.493 e. The number of methoxy groups -OCH3 is 2. The van der Waals surface area contributed by atoms with Gasteiger partial charge in [-0.05, 0) is 36.4 Å². The van der Waals surface area contributed by atoms with Gasteiger partial charge in [0.1, 0.15) is 6.54 Å². The molecular formula is C20H22N4O5. The smallest absolute Gasteiger partial charge is 0.325 e. The Hall–Kier alpha value is -3.75. The highest BCUT2D eigenvalue weighted by atomic mass is 16.5. The van der Waals surface area contributed by atoms with E-state index in [2.05, 4.69) is 5.32 Å². The number of carbonyl (C=O) groups excluding carboxylic acids is 3. The Morgan fingerprint density at radius 3 is 2.34 bits per heavy atom. The molecule has 1 aliphatic rings. The van der Waals surface area contributed by atoms with E-state index in [0.717, 1.165) is 0 Å². The zero-order valence-electron chi connectivity index (χ0n) is 16.2. The second-order valence-corrected chi connectivity index (χ2v) is 6.38. The number of benzene rings is 2. The number of primary amides is 1. The number of anilines is 2. The molecule has 152 valence electrons. The SMILES string of the molecule is COc1ccc(N2CCN(CC(=O)Nc3ccc(C(N)=O)cc3)C2=O)cc1OC. The van der Waals surface area contributed by atoms with E-state index in [0.29, 0.717) is 41.5 Å². The van der Waals surface area contributed by atoms with Crippen molar-refractivity contribution in [2.24, 2.45) is 5.73 Å². The number of nitrogens with one attached hydrogen (secondary N) is 1. The van der Waals surface area contributed by atoms with Crippen LogP contribution >= 0.6 is 0 Å². The molecule has 1 saturated heterocycles. The van der Waals surface area contributed by atoms with Crippen LogP contribution in [0.25, 0.3) is 0 Å². The maximum absolute atomic E-state index is 12.7. The van der Waals surface area contributed by atoms with E-state index >= 15 is 0 Å². The molecule has 0 atom stereocenters. The number of nitrogens with zero attached hydrogens (tertiary/aromatic N) is 2. The zero-order valence-corrected chi connectivity index (χ0v) is 16.2. The van der Waals surface area contributed by atoms with E-state index in [-0.39, 0.29) is 18.5 Å². The Kier molecular flexibility index (Phi) is 5.87. The molecule has 3 N–H and O–H groups in total. The number of rotatable bonds is 7. The van der Waals surface area contributed by atoms with Gasteiger partial charge in [0.2, 0.25) is 11.8 Å². The van der Waals surface area contributed by atoms with Gasteiger partial charge < -0.3 is 25.4 Å². The van der Waals surface area contributed by atoms with Crippen LogP contribution in [0.2, 0.25) is 0 Å². The molecule has 29 heavy (non-hydrogen) atoms. The van der Waals surface area contributed by atoms with E-state index in [1.807, 2.05) is 0 Å². The van der Waals surface area contributed by atoms with Crippen molar-refractivity contribution >= 4 is 29.2 Å². The lowest BCUT2D eigenvalue weighted by Crippen LogP contribution is -2.37. The number of nitrogens with two attached hydrogens (primary N) is 1. The van der Waals surface area contributed by atoms with Gasteiger partial charge in [0.15, 0.2) is 11.5 Å². The highest BCUT2D eigenvalue weighted by Gasteiger charge is 2.31. The molecule has 0 saturated carbocycles. The topological polar surface area (TPSA) is 114 Å². The van der Waals surface area contributed by atoms with Gasteiger partial charge in [-0.25, -0.2) is 4.79 Å². The van der Waals surface area contributed by atoms with Gasteiger partial charge in [0.05, 0.1) is 14.2 Å². The Bertz CT molecular complexity index is 929. The molecule has 0 aliphatic carbocycles. The molecule has 9 nitrogen and oxygen atoms in total. The Morgan fingerprint density at radius 2 is 1.72 bits per heavy atom. The van der Waals surface area contributed by atoms with Crippen molar-refractivity contribution in [1.29, 1.82) is 0 Å². The van der Waals surface area contributed by atoms with Crippen molar-refractivity contribution in [2.75, 3.05) is 44.1 Å². The first kappa shape index (κ1) is 20.0. The van der Waals surface area contributed by atoms with Crippen molar-refractivity contribution in [3.8, 4) is 11.5 Å². The molecule has 9 heteroatoms. The van der Waals surface area contributed by atoms with Crippen LogP contribution in [0.15, 0.2) is 42.5 Å². The number of urea groups is 1. The second-order valence-electron chi connectivity index (χ2n) is 6.38. The lowest BCUT2D eigenvalue weighted by atomic mass is 10.2. The second kappa shape index (κ2) is 8.51. The first-order valence-corrected chi connectivity index (χ1v) is 8.91. The van der Waals surface area contributed by atoms with Crippen LogP contribution in [-0.2, 0) is 4.79 Å². The predicted molar refractivity (Wildman–Crippen MR) is 107 cm³/mol. The van der Waals surface area contributed by atoms with Crippen molar-refractivity contribution in [2.45, 2.75) is 0 Å². The maximum atomic E-state index is 12.7. The monoisotopic (exact) mass is 398 g/mol. The summed E-state index contributed by atoms with van der Waals surface area (Å²) in [5.41, 5.74) is 6.73. The molecule has 2 aromatic carbocycles. The predicted octanol–water partition coefficient (Wildman–Crippen LogP) is 1.68. The van der Waals surface area contributed by atoms with E-state index in [1.54, 1.807) is 42.3 Å². The molecule has 1 aliphatic heterocycles. The standard InChI is InChI=1S/C20H22N4O5/c1-28-16-8-7-15(11-17(16)29-2)24-10-9-23(20(24)27)12-18(25)22-14-5-3-13(4-6-14)19(21)26/h3-8,11H,9-10,12H2,1-2H3,(H2,21,26)(H,22,25). The molecule has 0 radical (unpaired) electrons. The van der Waals surface area contributed by atoms with Gasteiger partial charge in [0.25, 0.3) is 0 Å². The first-order chi connectivity index (χ1) is 13.9. The Morgan fingerprint density at radius 1 is 1.03 bits per heavy atom. The van der Waals surface area contributed by atoms with Gasteiger partial charge in [-0.1, -0.05) is 0 Å². The zero-order chi connectivity index (χ0) is 21.0. The van der Waals surface area contributed by atoms with Crippen LogP contribution in [0.3, 0.4) is 0 Å². The summed E-state index contributed by atoms with van der Waals surface area (Å²) < 4.78 is 10.5. The van der Waals surface area contributed by atoms with E-state index in [1.165, 1.54) is 24.1 Å². The fourth-order valence-corrected chi connectivity index (χ4v) is 3.05. The average molecular weight is 398 g/mol. The summed E-state index contributed by atoms with van der Waals surface area (Å²) in [7, 11) is 3.07. The third-order valence-electron chi connectivity index (χ3n) is 4.56. The van der Waals surface area contributed by atoms with Gasteiger partial charge in [-0.2, -0.15) is 0 Å². The quantitative estimate of drug-likeness (QED) is 0.737. The molecule has 0 unspecified atom stereocenters. The molecular weight excluding hydrogens is 376 g/mol. The third kappa shape index (κ3) is 4.40. The fourth-order valence-electron chi connectivity index (χ4n) is 3.05. The summed E-state index contributed by atoms with van der Waals surface area (Å²) in [6, 6.07) is 11.2. The molecule has 2 aromatic rings. The summed E-state index contributed by atoms with van der Waals surface area (Å²) in [6.45, 7) is 0.788. The van der Waals surface area contributed by atoms with Gasteiger partial charge in [-0.3, -0.25) is 14.5 Å². The van der Waals surface area contributed by atoms with Crippen LogP contribution in [0.4, 0.5) is 16.2 Å². The molecule has 1 heterocycles. The summed E-state index contributed by atoms with van der Waals surface area (Å²) in [5.74, 6) is 0.218. The van der Waals surface area contributed by atoms with Crippen LogP contribution in [0.5, 0.6) is 11.5 Å². The van der Waals surface area contributed by atoms with Crippen LogP contribution in [0.1, 0.15) is 10.4 Å². The third-order valence-corrected chi connectivity index (χ3v) is 4.56. The minimum atomic E-state index is -0.541. The van der Waals surface area contributed by atoms with Crippen LogP contribution < -0.4 is 25.4 Å². The van der Waals surface area contributed by atoms with Crippen molar-refractivity contribution in [1.82, 2.24) is 4.90 Å². The average Bonchev–Trinajstić information content (AvgIpc) is 3.07. The van der Waals surface area contributed by atoms with Gasteiger partial charge in [-0.15, -0.1) is 0 Å². The van der Waals surface area contributed by atoms with Crippen molar-refractivity contribution < 1.29 is 23.9 Å². The summed E-state index contributed by atoms with van der Waals surface area (Å²) in [5, 5.41) is 2.70. The maximum Gasteiger partial charge on any atom is 0.325 e. The van der Waals surface area contributed by atoms with E-state index in [4.69, 9.17) is 15.2 Å². The molecule has 3 rings (SSSR count). The van der Waals surface area contributed by atoms with Crippen LogP contribution in [-0.4, -0.2) is 56.6 Å². The Labute approximate surface area is 168 Å². The van der Waals surface area contributed by atoms with E-state index in [9.17, 15) is 14.4 Å².